The zero-order valence-electron chi connectivity index (χ0n) is 14.2. The summed E-state index contributed by atoms with van der Waals surface area (Å²) in [5.41, 5.74) is 0.953. The van der Waals surface area contributed by atoms with E-state index in [1.807, 2.05) is 0 Å². The highest BCUT2D eigenvalue weighted by Crippen LogP contribution is 2.34. The van der Waals surface area contributed by atoms with Gasteiger partial charge in [-0.1, -0.05) is 12.1 Å². The van der Waals surface area contributed by atoms with E-state index in [4.69, 9.17) is 9.47 Å². The maximum absolute atomic E-state index is 14.1. The maximum Gasteiger partial charge on any atom is 0.341 e. The molecule has 0 aliphatic rings. The van der Waals surface area contributed by atoms with Gasteiger partial charge in [-0.3, -0.25) is 4.98 Å². The fraction of sp³-hybridized carbons (Fsp3) is 0.158. The Hall–Kier alpha value is -3.22. The van der Waals surface area contributed by atoms with Gasteiger partial charge < -0.3 is 14.8 Å². The predicted octanol–water partition coefficient (Wildman–Crippen LogP) is 4.44. The molecular weight excluding hydrogens is 342 g/mol. The summed E-state index contributed by atoms with van der Waals surface area (Å²) in [5.74, 6) is -1.58. The molecule has 3 aromatic rings. The van der Waals surface area contributed by atoms with Crippen LogP contribution in [0.25, 0.3) is 10.9 Å². The van der Waals surface area contributed by atoms with Crippen molar-refractivity contribution in [3.05, 3.63) is 59.8 Å². The normalized spacial score (nSPS) is 10.6. The van der Waals surface area contributed by atoms with Crippen LogP contribution in [-0.4, -0.2) is 24.7 Å². The highest BCUT2D eigenvalue weighted by atomic mass is 19.1. The third-order valence-electron chi connectivity index (χ3n) is 3.77. The summed E-state index contributed by atoms with van der Waals surface area (Å²) >= 11 is 0. The van der Waals surface area contributed by atoms with Crippen molar-refractivity contribution >= 4 is 28.2 Å². The van der Waals surface area contributed by atoms with Crippen molar-refractivity contribution in [3.8, 4) is 5.75 Å². The second-order valence-electron chi connectivity index (χ2n) is 5.37. The van der Waals surface area contributed by atoms with Gasteiger partial charge in [0.2, 0.25) is 0 Å². The van der Waals surface area contributed by atoms with E-state index in [-0.39, 0.29) is 17.9 Å². The molecule has 3 rings (SSSR count). The molecule has 1 heterocycles. The summed E-state index contributed by atoms with van der Waals surface area (Å²) in [6.07, 6.45) is 1.34. The number of ether oxygens (including phenoxy) is 2. The number of carbonyl (C=O) groups is 1. The molecule has 0 amide bonds. The number of aromatic nitrogens is 1. The molecule has 7 heteroatoms. The quantitative estimate of drug-likeness (QED) is 0.683. The summed E-state index contributed by atoms with van der Waals surface area (Å²) in [7, 11) is 1.50. The Morgan fingerprint density at radius 2 is 2.04 bits per heavy atom. The highest BCUT2D eigenvalue weighted by molar-refractivity contribution is 6.07. The van der Waals surface area contributed by atoms with Gasteiger partial charge in [0, 0.05) is 17.6 Å². The van der Waals surface area contributed by atoms with Crippen molar-refractivity contribution in [2.45, 2.75) is 6.92 Å². The molecule has 0 bridgehead atoms. The molecule has 0 unspecified atom stereocenters. The van der Waals surface area contributed by atoms with Crippen molar-refractivity contribution in [2.75, 3.05) is 19.0 Å². The molecule has 0 aliphatic carbocycles. The minimum absolute atomic E-state index is 0.0206. The van der Waals surface area contributed by atoms with Gasteiger partial charge in [0.25, 0.3) is 0 Å². The Labute approximate surface area is 148 Å². The number of methoxy groups -OCH3 is 1. The van der Waals surface area contributed by atoms with Gasteiger partial charge in [-0.2, -0.15) is 0 Å². The standard InChI is InChI=1S/C19H16F2N2O3/c1-3-26-19(24)13-10-22-18-12(5-4-6-16(18)25-2)17(13)23-15-8-7-11(20)9-14(15)21/h4-10H,3H2,1-2H3,(H,22,23). The summed E-state index contributed by atoms with van der Waals surface area (Å²) < 4.78 is 37.6. The lowest BCUT2D eigenvalue weighted by atomic mass is 10.1. The molecule has 0 atom stereocenters. The summed E-state index contributed by atoms with van der Waals surface area (Å²) in [4.78, 5) is 16.6. The number of hydrogen-bond acceptors (Lipinski definition) is 5. The van der Waals surface area contributed by atoms with E-state index in [1.54, 1.807) is 25.1 Å². The number of nitrogens with zero attached hydrogens (tertiary/aromatic N) is 1. The maximum atomic E-state index is 14.1. The summed E-state index contributed by atoms with van der Waals surface area (Å²) in [6.45, 7) is 1.86. The topological polar surface area (TPSA) is 60.5 Å². The van der Waals surface area contributed by atoms with Gasteiger partial charge in [-0.05, 0) is 25.1 Å². The van der Waals surface area contributed by atoms with E-state index in [2.05, 4.69) is 10.3 Å². The van der Waals surface area contributed by atoms with Crippen LogP contribution >= 0.6 is 0 Å². The number of carbonyl (C=O) groups excluding carboxylic acids is 1. The van der Waals surface area contributed by atoms with Crippen molar-refractivity contribution in [1.29, 1.82) is 0 Å². The SMILES string of the molecule is CCOC(=O)c1cnc2c(OC)cccc2c1Nc1ccc(F)cc1F. The summed E-state index contributed by atoms with van der Waals surface area (Å²) in [5, 5.41) is 3.40. The van der Waals surface area contributed by atoms with Crippen molar-refractivity contribution in [1.82, 2.24) is 4.98 Å². The van der Waals surface area contributed by atoms with Crippen LogP contribution < -0.4 is 10.1 Å². The van der Waals surface area contributed by atoms with E-state index < -0.39 is 17.6 Å². The fourth-order valence-electron chi connectivity index (χ4n) is 2.58. The Morgan fingerprint density at radius 1 is 1.23 bits per heavy atom. The number of rotatable bonds is 5. The third-order valence-corrected chi connectivity index (χ3v) is 3.77. The lowest BCUT2D eigenvalue weighted by Crippen LogP contribution is -2.10. The molecule has 1 aromatic heterocycles. The molecule has 134 valence electrons. The van der Waals surface area contributed by atoms with Crippen LogP contribution in [0.15, 0.2) is 42.6 Å². The zero-order valence-corrected chi connectivity index (χ0v) is 14.2. The van der Waals surface area contributed by atoms with Crippen LogP contribution in [-0.2, 0) is 4.74 Å². The second kappa shape index (κ2) is 7.35. The van der Waals surface area contributed by atoms with E-state index in [1.165, 1.54) is 19.4 Å². The number of esters is 1. The van der Waals surface area contributed by atoms with Gasteiger partial charge in [0.15, 0.2) is 0 Å². The van der Waals surface area contributed by atoms with Gasteiger partial charge in [-0.25, -0.2) is 13.6 Å². The van der Waals surface area contributed by atoms with Crippen LogP contribution in [0.3, 0.4) is 0 Å². The Kier molecular flexibility index (Phi) is 4.97. The van der Waals surface area contributed by atoms with Crippen LogP contribution in [0, 0.1) is 11.6 Å². The van der Waals surface area contributed by atoms with Crippen molar-refractivity contribution in [3.63, 3.8) is 0 Å². The van der Waals surface area contributed by atoms with Gasteiger partial charge in [0.05, 0.1) is 25.1 Å². The van der Waals surface area contributed by atoms with E-state index in [0.717, 1.165) is 12.1 Å². The number of nitrogens with one attached hydrogen (secondary N) is 1. The molecule has 0 radical (unpaired) electrons. The largest absolute Gasteiger partial charge is 0.494 e. The Morgan fingerprint density at radius 3 is 2.73 bits per heavy atom. The van der Waals surface area contributed by atoms with E-state index >= 15 is 0 Å². The average molecular weight is 358 g/mol. The van der Waals surface area contributed by atoms with E-state index in [0.29, 0.717) is 22.3 Å². The highest BCUT2D eigenvalue weighted by Gasteiger charge is 2.19. The predicted molar refractivity (Wildman–Crippen MR) is 93.9 cm³/mol. The number of benzene rings is 2. The molecule has 0 fully saturated rings. The molecule has 0 spiro atoms. The second-order valence-corrected chi connectivity index (χ2v) is 5.37. The first-order valence-electron chi connectivity index (χ1n) is 7.90. The van der Waals surface area contributed by atoms with Gasteiger partial charge in [-0.15, -0.1) is 0 Å². The number of para-hydroxylation sites is 1. The Bertz CT molecular complexity index is 976. The van der Waals surface area contributed by atoms with Gasteiger partial charge in [0.1, 0.15) is 28.5 Å². The first-order valence-corrected chi connectivity index (χ1v) is 7.90. The lowest BCUT2D eigenvalue weighted by Gasteiger charge is -2.15. The minimum Gasteiger partial charge on any atom is -0.494 e. The molecule has 5 nitrogen and oxygen atoms in total. The van der Waals surface area contributed by atoms with E-state index in [9.17, 15) is 13.6 Å². The van der Waals surface area contributed by atoms with Crippen molar-refractivity contribution < 1.29 is 23.0 Å². The smallest absolute Gasteiger partial charge is 0.341 e. The van der Waals surface area contributed by atoms with Gasteiger partial charge >= 0.3 is 5.97 Å². The number of halogens is 2. The average Bonchev–Trinajstić information content (AvgIpc) is 2.63. The molecular formula is C19H16F2N2O3. The fourth-order valence-corrected chi connectivity index (χ4v) is 2.58. The lowest BCUT2D eigenvalue weighted by molar-refractivity contribution is 0.0527. The Balaban J connectivity index is 2.21. The monoisotopic (exact) mass is 358 g/mol. The zero-order chi connectivity index (χ0) is 18.7. The molecule has 26 heavy (non-hydrogen) atoms. The number of pyridine rings is 1. The molecule has 1 N–H and O–H groups in total. The first kappa shape index (κ1) is 17.6. The number of fused-ring (bicyclic) bond motifs is 1. The van der Waals surface area contributed by atoms with Crippen LogP contribution in [0.4, 0.5) is 20.2 Å². The third kappa shape index (κ3) is 3.28. The molecule has 2 aromatic carbocycles. The van der Waals surface area contributed by atoms with Crippen molar-refractivity contribution in [2.24, 2.45) is 0 Å². The number of anilines is 2. The summed E-state index contributed by atoms with van der Waals surface area (Å²) in [6, 6.07) is 8.31. The minimum atomic E-state index is -0.785. The number of hydrogen-bond donors (Lipinski definition) is 1. The molecule has 0 saturated carbocycles. The molecule has 0 saturated heterocycles. The molecule has 0 aliphatic heterocycles. The van der Waals surface area contributed by atoms with Crippen LogP contribution in [0.5, 0.6) is 5.75 Å². The first-order chi connectivity index (χ1) is 12.5. The van der Waals surface area contributed by atoms with Crippen LogP contribution in [0.2, 0.25) is 0 Å². The van der Waals surface area contributed by atoms with Crippen LogP contribution in [0.1, 0.15) is 17.3 Å².